The Balaban J connectivity index is 1.96. The lowest BCUT2D eigenvalue weighted by Gasteiger charge is -2.20. The number of hydrogen-bond donors (Lipinski definition) is 3. The molecule has 1 aromatic carbocycles. The Hall–Kier alpha value is -2.73. The third-order valence-corrected chi connectivity index (χ3v) is 4.16. The van der Waals surface area contributed by atoms with Crippen molar-refractivity contribution in [3.63, 3.8) is 0 Å². The minimum absolute atomic E-state index is 0.101. The number of hydrogen-bond acceptors (Lipinski definition) is 4. The van der Waals surface area contributed by atoms with Crippen molar-refractivity contribution >= 4 is 11.8 Å². The van der Waals surface area contributed by atoms with Crippen molar-refractivity contribution in [3.05, 3.63) is 66.0 Å². The van der Waals surface area contributed by atoms with Crippen LogP contribution >= 0.6 is 0 Å². The van der Waals surface area contributed by atoms with Gasteiger partial charge in [0.2, 0.25) is 11.8 Å². The summed E-state index contributed by atoms with van der Waals surface area (Å²) in [5.74, 6) is -0.245. The highest BCUT2D eigenvalue weighted by Gasteiger charge is 2.18. The molecule has 2 aromatic rings. The second kappa shape index (κ2) is 10.4. The molecule has 0 saturated heterocycles. The van der Waals surface area contributed by atoms with E-state index in [1.165, 1.54) is 0 Å². The van der Waals surface area contributed by atoms with Gasteiger partial charge < -0.3 is 16.4 Å². The summed E-state index contributed by atoms with van der Waals surface area (Å²) < 4.78 is 0. The average molecular weight is 368 g/mol. The lowest BCUT2D eigenvalue weighted by atomic mass is 10.0. The first kappa shape index (κ1) is 20.6. The molecule has 2 atom stereocenters. The number of nitrogens with one attached hydrogen (secondary N) is 2. The van der Waals surface area contributed by atoms with E-state index in [9.17, 15) is 9.59 Å². The van der Waals surface area contributed by atoms with Gasteiger partial charge in [-0.15, -0.1) is 0 Å². The van der Waals surface area contributed by atoms with Crippen molar-refractivity contribution in [1.29, 1.82) is 0 Å². The normalized spacial score (nSPS) is 13.0. The molecule has 0 aliphatic carbocycles. The van der Waals surface area contributed by atoms with E-state index in [1.54, 1.807) is 6.20 Å². The molecule has 1 aromatic heterocycles. The topological polar surface area (TPSA) is 97.1 Å². The molecule has 0 spiro atoms. The number of benzene rings is 1. The number of carbonyl (C=O) groups is 2. The molecule has 2 rings (SSSR count). The van der Waals surface area contributed by atoms with E-state index in [0.717, 1.165) is 11.3 Å². The molecule has 1 unspecified atom stereocenters. The average Bonchev–Trinajstić information content (AvgIpc) is 2.66. The summed E-state index contributed by atoms with van der Waals surface area (Å²) in [5.41, 5.74) is 7.72. The van der Waals surface area contributed by atoms with Gasteiger partial charge in [0.1, 0.15) is 0 Å². The summed E-state index contributed by atoms with van der Waals surface area (Å²) in [5, 5.41) is 5.60. The predicted molar refractivity (Wildman–Crippen MR) is 106 cm³/mol. The van der Waals surface area contributed by atoms with E-state index >= 15 is 0 Å². The molecular formula is C21H28N4O2. The third-order valence-electron chi connectivity index (χ3n) is 4.16. The highest BCUT2D eigenvalue weighted by molar-refractivity contribution is 5.87. The monoisotopic (exact) mass is 368 g/mol. The first-order valence-electron chi connectivity index (χ1n) is 9.23. The summed E-state index contributed by atoms with van der Waals surface area (Å²) in [4.78, 5) is 28.7. The van der Waals surface area contributed by atoms with Crippen molar-refractivity contribution in [1.82, 2.24) is 15.6 Å². The van der Waals surface area contributed by atoms with Crippen LogP contribution in [0.1, 0.15) is 37.6 Å². The standard InChI is InChI=1S/C21H28N4O2/c1-15(2)12-18(22)21(27)24-14-20(26)25-19(16-8-4-3-5-9-16)13-17-10-6-7-11-23-17/h3-11,15,18-19H,12-14,22H2,1-2H3,(H,24,27)(H,25,26)/t18-,19?/m1/s1. The van der Waals surface area contributed by atoms with Crippen LogP contribution in [-0.4, -0.2) is 29.4 Å². The zero-order valence-corrected chi connectivity index (χ0v) is 15.9. The molecule has 2 amide bonds. The van der Waals surface area contributed by atoms with E-state index in [0.29, 0.717) is 18.8 Å². The lowest BCUT2D eigenvalue weighted by molar-refractivity contribution is -0.127. The Morgan fingerprint density at radius 1 is 1.07 bits per heavy atom. The maximum Gasteiger partial charge on any atom is 0.239 e. The fourth-order valence-corrected chi connectivity index (χ4v) is 2.82. The van der Waals surface area contributed by atoms with Gasteiger partial charge in [-0.05, 0) is 30.0 Å². The van der Waals surface area contributed by atoms with Gasteiger partial charge in [-0.3, -0.25) is 14.6 Å². The van der Waals surface area contributed by atoms with Crippen LogP contribution in [0.3, 0.4) is 0 Å². The fraction of sp³-hybridized carbons (Fsp3) is 0.381. The summed E-state index contributed by atoms with van der Waals surface area (Å²) >= 11 is 0. The van der Waals surface area contributed by atoms with Crippen LogP contribution in [0.15, 0.2) is 54.7 Å². The highest BCUT2D eigenvalue weighted by Crippen LogP contribution is 2.17. The molecule has 0 aliphatic rings. The van der Waals surface area contributed by atoms with E-state index in [1.807, 2.05) is 62.4 Å². The number of aromatic nitrogens is 1. The molecule has 0 aliphatic heterocycles. The summed E-state index contributed by atoms with van der Waals surface area (Å²) in [6.45, 7) is 3.90. The minimum Gasteiger partial charge on any atom is -0.347 e. The van der Waals surface area contributed by atoms with Crippen molar-refractivity contribution in [2.75, 3.05) is 6.54 Å². The SMILES string of the molecule is CC(C)C[C@@H](N)C(=O)NCC(=O)NC(Cc1ccccn1)c1ccccc1. The molecule has 0 saturated carbocycles. The van der Waals surface area contributed by atoms with Crippen molar-refractivity contribution < 1.29 is 9.59 Å². The molecule has 0 radical (unpaired) electrons. The number of amides is 2. The fourth-order valence-electron chi connectivity index (χ4n) is 2.82. The van der Waals surface area contributed by atoms with Crippen LogP contribution in [0.2, 0.25) is 0 Å². The number of pyridine rings is 1. The van der Waals surface area contributed by atoms with E-state index in [2.05, 4.69) is 15.6 Å². The highest BCUT2D eigenvalue weighted by atomic mass is 16.2. The van der Waals surface area contributed by atoms with Gasteiger partial charge in [-0.25, -0.2) is 0 Å². The smallest absolute Gasteiger partial charge is 0.239 e. The molecule has 4 N–H and O–H groups in total. The number of nitrogens with zero attached hydrogens (tertiary/aromatic N) is 1. The maximum atomic E-state index is 12.4. The Morgan fingerprint density at radius 2 is 1.78 bits per heavy atom. The molecule has 144 valence electrons. The largest absolute Gasteiger partial charge is 0.347 e. The number of rotatable bonds is 9. The molecule has 1 heterocycles. The van der Waals surface area contributed by atoms with Crippen LogP contribution in [0, 0.1) is 5.92 Å². The summed E-state index contributed by atoms with van der Waals surface area (Å²) in [6.07, 6.45) is 2.88. The zero-order valence-electron chi connectivity index (χ0n) is 15.9. The second-order valence-electron chi connectivity index (χ2n) is 7.01. The predicted octanol–water partition coefficient (Wildman–Crippen LogP) is 1.97. The van der Waals surface area contributed by atoms with Crippen LogP contribution in [0.5, 0.6) is 0 Å². The molecule has 0 fully saturated rings. The first-order chi connectivity index (χ1) is 13.0. The van der Waals surface area contributed by atoms with Gasteiger partial charge in [0.25, 0.3) is 0 Å². The number of carbonyl (C=O) groups excluding carboxylic acids is 2. The van der Waals surface area contributed by atoms with Gasteiger partial charge in [0, 0.05) is 18.3 Å². The van der Waals surface area contributed by atoms with Crippen LogP contribution < -0.4 is 16.4 Å². The van der Waals surface area contributed by atoms with Crippen molar-refractivity contribution in [2.45, 2.75) is 38.8 Å². The Bertz CT molecular complexity index is 719. The molecule has 27 heavy (non-hydrogen) atoms. The van der Waals surface area contributed by atoms with E-state index in [-0.39, 0.29) is 24.4 Å². The zero-order chi connectivity index (χ0) is 19.6. The van der Waals surface area contributed by atoms with Gasteiger partial charge in [-0.1, -0.05) is 50.2 Å². The maximum absolute atomic E-state index is 12.4. The lowest BCUT2D eigenvalue weighted by Crippen LogP contribution is -2.46. The Morgan fingerprint density at radius 3 is 2.41 bits per heavy atom. The van der Waals surface area contributed by atoms with Crippen LogP contribution in [0.25, 0.3) is 0 Å². The Kier molecular flexibility index (Phi) is 7.95. The third kappa shape index (κ3) is 7.19. The van der Waals surface area contributed by atoms with Gasteiger partial charge in [-0.2, -0.15) is 0 Å². The molecule has 6 heteroatoms. The second-order valence-corrected chi connectivity index (χ2v) is 7.01. The van der Waals surface area contributed by atoms with Crippen molar-refractivity contribution in [2.24, 2.45) is 11.7 Å². The summed E-state index contributed by atoms with van der Waals surface area (Å²) in [7, 11) is 0. The quantitative estimate of drug-likeness (QED) is 0.630. The summed E-state index contributed by atoms with van der Waals surface area (Å²) in [6, 6.07) is 14.6. The first-order valence-corrected chi connectivity index (χ1v) is 9.23. The van der Waals surface area contributed by atoms with Crippen LogP contribution in [-0.2, 0) is 16.0 Å². The van der Waals surface area contributed by atoms with Crippen LogP contribution in [0.4, 0.5) is 0 Å². The Labute approximate surface area is 160 Å². The molecule has 6 nitrogen and oxygen atoms in total. The van der Waals surface area contributed by atoms with Gasteiger partial charge in [0.05, 0.1) is 18.6 Å². The van der Waals surface area contributed by atoms with E-state index < -0.39 is 6.04 Å². The van der Waals surface area contributed by atoms with Gasteiger partial charge in [0.15, 0.2) is 0 Å². The van der Waals surface area contributed by atoms with Gasteiger partial charge >= 0.3 is 0 Å². The minimum atomic E-state index is -0.601. The molecular weight excluding hydrogens is 340 g/mol. The van der Waals surface area contributed by atoms with E-state index in [4.69, 9.17) is 5.73 Å². The molecule has 0 bridgehead atoms. The van der Waals surface area contributed by atoms with Crippen molar-refractivity contribution in [3.8, 4) is 0 Å². The number of nitrogens with two attached hydrogens (primary N) is 1.